The second-order valence-electron chi connectivity index (χ2n) is 2.79. The summed E-state index contributed by atoms with van der Waals surface area (Å²) in [6.07, 6.45) is 0.868. The van der Waals surface area contributed by atoms with E-state index in [0.717, 1.165) is 6.42 Å². The van der Waals surface area contributed by atoms with Crippen LogP contribution in [-0.4, -0.2) is 36.5 Å². The van der Waals surface area contributed by atoms with Crippen LogP contribution in [0.2, 0.25) is 0 Å². The molecular formula is C8H13NO3. The highest BCUT2D eigenvalue weighted by Crippen LogP contribution is 2.19. The molecule has 1 amide bonds. The van der Waals surface area contributed by atoms with E-state index in [9.17, 15) is 9.59 Å². The smallest absolute Gasteiger partial charge is 0.410 e. The fourth-order valence-electron chi connectivity index (χ4n) is 1.29. The van der Waals surface area contributed by atoms with E-state index in [2.05, 4.69) is 4.74 Å². The fourth-order valence-corrected chi connectivity index (χ4v) is 1.29. The second-order valence-corrected chi connectivity index (χ2v) is 2.79. The quantitative estimate of drug-likeness (QED) is 0.617. The highest BCUT2D eigenvalue weighted by Gasteiger charge is 2.36. The number of methoxy groups -OCH3 is 1. The van der Waals surface area contributed by atoms with Crippen LogP contribution in [0, 0.1) is 0 Å². The highest BCUT2D eigenvalue weighted by molar-refractivity contribution is 5.88. The molecule has 0 spiro atoms. The van der Waals surface area contributed by atoms with Gasteiger partial charge >= 0.3 is 6.09 Å². The van der Waals surface area contributed by atoms with E-state index in [1.807, 2.05) is 0 Å². The normalized spacial score (nSPS) is 21.5. The first kappa shape index (κ1) is 9.03. The lowest BCUT2D eigenvalue weighted by molar-refractivity contribution is -0.127. The maximum atomic E-state index is 11.2. The SMILES string of the molecule is CCC(=O)C1CCN1C(=O)OC. The molecule has 1 unspecified atom stereocenters. The third-order valence-electron chi connectivity index (χ3n) is 2.15. The number of hydrogen-bond donors (Lipinski definition) is 0. The maximum Gasteiger partial charge on any atom is 0.410 e. The summed E-state index contributed by atoms with van der Waals surface area (Å²) in [6.45, 7) is 2.44. The van der Waals surface area contributed by atoms with Crippen LogP contribution in [0.3, 0.4) is 0 Å². The van der Waals surface area contributed by atoms with Crippen LogP contribution in [-0.2, 0) is 9.53 Å². The molecule has 0 aromatic heterocycles. The molecule has 12 heavy (non-hydrogen) atoms. The van der Waals surface area contributed by atoms with Crippen LogP contribution >= 0.6 is 0 Å². The molecule has 0 bridgehead atoms. The predicted molar refractivity (Wildman–Crippen MR) is 42.8 cm³/mol. The molecule has 1 heterocycles. The first-order valence-corrected chi connectivity index (χ1v) is 4.08. The van der Waals surface area contributed by atoms with Crippen molar-refractivity contribution < 1.29 is 14.3 Å². The summed E-state index contributed by atoms with van der Waals surface area (Å²) < 4.78 is 4.51. The molecule has 0 N–H and O–H groups in total. The predicted octanol–water partition coefficient (Wildman–Crippen LogP) is 0.806. The van der Waals surface area contributed by atoms with Gasteiger partial charge in [0, 0.05) is 13.0 Å². The monoisotopic (exact) mass is 171 g/mol. The first-order chi connectivity index (χ1) is 5.70. The van der Waals surface area contributed by atoms with E-state index in [0.29, 0.717) is 13.0 Å². The van der Waals surface area contributed by atoms with Crippen molar-refractivity contribution in [2.75, 3.05) is 13.7 Å². The van der Waals surface area contributed by atoms with Crippen molar-refractivity contribution in [2.45, 2.75) is 25.8 Å². The van der Waals surface area contributed by atoms with E-state index in [1.165, 1.54) is 12.0 Å². The number of nitrogens with zero attached hydrogens (tertiary/aromatic N) is 1. The first-order valence-electron chi connectivity index (χ1n) is 4.08. The van der Waals surface area contributed by atoms with Gasteiger partial charge < -0.3 is 4.74 Å². The molecule has 1 rings (SSSR count). The van der Waals surface area contributed by atoms with Crippen LogP contribution in [0.25, 0.3) is 0 Å². The Morgan fingerprint density at radius 3 is 2.58 bits per heavy atom. The molecule has 0 aromatic carbocycles. The van der Waals surface area contributed by atoms with Gasteiger partial charge in [-0.2, -0.15) is 0 Å². The standard InChI is InChI=1S/C8H13NO3/c1-3-7(10)6-4-5-9(6)8(11)12-2/h6H,3-5H2,1-2H3. The van der Waals surface area contributed by atoms with Crippen LogP contribution in [0.5, 0.6) is 0 Å². The lowest BCUT2D eigenvalue weighted by atomic mass is 9.98. The van der Waals surface area contributed by atoms with Crippen molar-refractivity contribution >= 4 is 11.9 Å². The summed E-state index contributed by atoms with van der Waals surface area (Å²) in [4.78, 5) is 23.6. The average Bonchev–Trinajstić information content (AvgIpc) is 2.02. The Morgan fingerprint density at radius 2 is 2.25 bits per heavy atom. The van der Waals surface area contributed by atoms with Crippen LogP contribution < -0.4 is 0 Å². The van der Waals surface area contributed by atoms with Gasteiger partial charge in [-0.05, 0) is 6.42 Å². The molecule has 1 aliphatic heterocycles. The lowest BCUT2D eigenvalue weighted by Crippen LogP contribution is -2.54. The van der Waals surface area contributed by atoms with Crippen LogP contribution in [0.1, 0.15) is 19.8 Å². The van der Waals surface area contributed by atoms with Crippen molar-refractivity contribution in [3.8, 4) is 0 Å². The van der Waals surface area contributed by atoms with Gasteiger partial charge in [-0.3, -0.25) is 9.69 Å². The zero-order chi connectivity index (χ0) is 9.14. The molecular weight excluding hydrogens is 158 g/mol. The van der Waals surface area contributed by atoms with Crippen LogP contribution in [0.15, 0.2) is 0 Å². The van der Waals surface area contributed by atoms with Gasteiger partial charge in [0.1, 0.15) is 0 Å². The third-order valence-corrected chi connectivity index (χ3v) is 2.15. The van der Waals surface area contributed by atoms with Crippen molar-refractivity contribution in [1.82, 2.24) is 4.90 Å². The Hall–Kier alpha value is -1.06. The molecule has 1 aliphatic rings. The molecule has 0 aromatic rings. The Bertz CT molecular complexity index is 180. The number of hydrogen-bond acceptors (Lipinski definition) is 3. The van der Waals surface area contributed by atoms with Gasteiger partial charge in [0.2, 0.25) is 0 Å². The average molecular weight is 171 g/mol. The number of amides is 1. The number of ketones is 1. The van der Waals surface area contributed by atoms with E-state index in [-0.39, 0.29) is 11.8 Å². The van der Waals surface area contributed by atoms with Crippen molar-refractivity contribution in [2.24, 2.45) is 0 Å². The van der Waals surface area contributed by atoms with Gasteiger partial charge in [0.15, 0.2) is 5.78 Å². The van der Waals surface area contributed by atoms with E-state index >= 15 is 0 Å². The minimum atomic E-state index is -0.395. The number of carbonyl (C=O) groups is 2. The zero-order valence-corrected chi connectivity index (χ0v) is 7.37. The summed E-state index contributed by atoms with van der Waals surface area (Å²) in [7, 11) is 1.33. The molecule has 4 heteroatoms. The summed E-state index contributed by atoms with van der Waals surface area (Å²) in [6, 6.07) is -0.220. The summed E-state index contributed by atoms with van der Waals surface area (Å²) in [5.74, 6) is 0.117. The fraction of sp³-hybridized carbons (Fsp3) is 0.750. The van der Waals surface area contributed by atoms with Gasteiger partial charge in [-0.15, -0.1) is 0 Å². The number of likely N-dealkylation sites (tertiary alicyclic amines) is 1. The van der Waals surface area contributed by atoms with Crippen molar-refractivity contribution in [3.63, 3.8) is 0 Å². The largest absolute Gasteiger partial charge is 0.453 e. The number of carbonyl (C=O) groups excluding carboxylic acids is 2. The topological polar surface area (TPSA) is 46.6 Å². The highest BCUT2D eigenvalue weighted by atomic mass is 16.5. The molecule has 1 fully saturated rings. The van der Waals surface area contributed by atoms with Gasteiger partial charge in [0.25, 0.3) is 0 Å². The Balaban J connectivity index is 2.49. The minimum absolute atomic E-state index is 0.117. The Kier molecular flexibility index (Phi) is 2.68. The number of ether oxygens (including phenoxy) is 1. The molecule has 0 radical (unpaired) electrons. The Labute approximate surface area is 71.5 Å². The van der Waals surface area contributed by atoms with E-state index < -0.39 is 6.09 Å². The second kappa shape index (κ2) is 3.56. The molecule has 1 atom stereocenters. The summed E-state index contributed by atoms with van der Waals surface area (Å²) in [5, 5.41) is 0. The lowest BCUT2D eigenvalue weighted by Gasteiger charge is -2.38. The van der Waals surface area contributed by atoms with Gasteiger partial charge in [0.05, 0.1) is 13.2 Å². The maximum absolute atomic E-state index is 11.2. The number of rotatable bonds is 2. The van der Waals surface area contributed by atoms with Crippen molar-refractivity contribution in [3.05, 3.63) is 0 Å². The molecule has 1 saturated heterocycles. The number of Topliss-reactive ketones (excluding diaryl/α,β-unsaturated/α-hetero) is 1. The van der Waals surface area contributed by atoms with E-state index in [1.54, 1.807) is 6.92 Å². The zero-order valence-electron chi connectivity index (χ0n) is 7.37. The molecule has 0 aliphatic carbocycles. The summed E-state index contributed by atoms with van der Waals surface area (Å²) in [5.41, 5.74) is 0. The Morgan fingerprint density at radius 1 is 1.58 bits per heavy atom. The van der Waals surface area contributed by atoms with Crippen LogP contribution in [0.4, 0.5) is 4.79 Å². The third kappa shape index (κ3) is 1.42. The molecule has 4 nitrogen and oxygen atoms in total. The van der Waals surface area contributed by atoms with E-state index in [4.69, 9.17) is 0 Å². The van der Waals surface area contributed by atoms with Crippen molar-refractivity contribution in [1.29, 1.82) is 0 Å². The molecule has 68 valence electrons. The molecule has 0 saturated carbocycles. The minimum Gasteiger partial charge on any atom is -0.453 e. The summed E-state index contributed by atoms with van der Waals surface area (Å²) >= 11 is 0. The van der Waals surface area contributed by atoms with Gasteiger partial charge in [-0.1, -0.05) is 6.92 Å². The van der Waals surface area contributed by atoms with Gasteiger partial charge in [-0.25, -0.2) is 4.79 Å².